The number of para-hydroxylation sites is 3. The Hall–Kier alpha value is -3.26. The Morgan fingerprint density at radius 2 is 1.77 bits per heavy atom. The third-order valence-electron chi connectivity index (χ3n) is 7.58. The van der Waals surface area contributed by atoms with Gasteiger partial charge in [0.2, 0.25) is 0 Å². The van der Waals surface area contributed by atoms with Crippen molar-refractivity contribution in [1.29, 1.82) is 0 Å². The molecule has 3 heterocycles. The minimum absolute atomic E-state index is 0.0899. The highest BCUT2D eigenvalue weighted by molar-refractivity contribution is 6.07. The van der Waals surface area contributed by atoms with Gasteiger partial charge in [0, 0.05) is 12.1 Å². The summed E-state index contributed by atoms with van der Waals surface area (Å²) in [5.41, 5.74) is 0.299. The monoisotopic (exact) mass is 479 g/mol. The average Bonchev–Trinajstić information content (AvgIpc) is 3.14. The summed E-state index contributed by atoms with van der Waals surface area (Å²) < 4.78 is 17.3. The molecule has 8 heteroatoms. The van der Waals surface area contributed by atoms with Crippen LogP contribution in [0.5, 0.6) is 17.2 Å². The van der Waals surface area contributed by atoms with Gasteiger partial charge in [0.1, 0.15) is 17.9 Å². The first-order valence-electron chi connectivity index (χ1n) is 12.4. The molecule has 0 unspecified atom stereocenters. The van der Waals surface area contributed by atoms with Gasteiger partial charge in [0.25, 0.3) is 5.91 Å². The van der Waals surface area contributed by atoms with E-state index in [1.165, 1.54) is 4.90 Å². The van der Waals surface area contributed by atoms with Crippen LogP contribution in [-0.4, -0.2) is 66.7 Å². The van der Waals surface area contributed by atoms with Crippen LogP contribution in [0, 0.1) is 5.92 Å². The number of likely N-dealkylation sites (tertiary alicyclic amines) is 1. The molecule has 2 aromatic carbocycles. The second-order valence-electron chi connectivity index (χ2n) is 9.53. The van der Waals surface area contributed by atoms with Gasteiger partial charge >= 0.3 is 6.03 Å². The standard InChI is InChI=1S/C27H33N3O5/c1-3-27(20-12-14-29(15-13-20)16-19-8-4-5-9-22(19)33-2)25(31)30(26(32)28-27)17-21-18-34-23-10-6-7-11-24(23)35-21/h4-11,20-21H,3,12-18H2,1-2H3,(H,28,32)/t21-,27+/m1/s1. The summed E-state index contributed by atoms with van der Waals surface area (Å²) in [6, 6.07) is 15.2. The maximum absolute atomic E-state index is 13.7. The first kappa shape index (κ1) is 23.5. The lowest BCUT2D eigenvalue weighted by Crippen LogP contribution is -2.56. The number of methoxy groups -OCH3 is 1. The van der Waals surface area contributed by atoms with Gasteiger partial charge in [-0.2, -0.15) is 0 Å². The molecule has 8 nitrogen and oxygen atoms in total. The quantitative estimate of drug-likeness (QED) is 0.613. The summed E-state index contributed by atoms with van der Waals surface area (Å²) >= 11 is 0. The van der Waals surface area contributed by atoms with E-state index in [4.69, 9.17) is 14.2 Å². The van der Waals surface area contributed by atoms with E-state index in [-0.39, 0.29) is 24.4 Å². The molecule has 2 fully saturated rings. The normalized spacial score (nSPS) is 25.0. The van der Waals surface area contributed by atoms with E-state index in [0.29, 0.717) is 24.5 Å². The topological polar surface area (TPSA) is 80.3 Å². The molecule has 186 valence electrons. The smallest absolute Gasteiger partial charge is 0.325 e. The van der Waals surface area contributed by atoms with E-state index in [2.05, 4.69) is 16.3 Å². The number of imide groups is 1. The highest BCUT2D eigenvalue weighted by atomic mass is 16.6. The number of ether oxygens (including phenoxy) is 3. The third-order valence-corrected chi connectivity index (χ3v) is 7.58. The number of fused-ring (bicyclic) bond motifs is 1. The fraction of sp³-hybridized carbons (Fsp3) is 0.481. The number of rotatable bonds is 7. The van der Waals surface area contributed by atoms with Crippen LogP contribution in [0.3, 0.4) is 0 Å². The summed E-state index contributed by atoms with van der Waals surface area (Å²) in [5, 5.41) is 3.08. The molecular weight excluding hydrogens is 446 g/mol. The fourth-order valence-corrected chi connectivity index (χ4v) is 5.63. The Bertz CT molecular complexity index is 1080. The number of piperidine rings is 1. The summed E-state index contributed by atoms with van der Waals surface area (Å²) in [5.74, 6) is 2.16. The predicted molar refractivity (Wildman–Crippen MR) is 131 cm³/mol. The van der Waals surface area contributed by atoms with Gasteiger partial charge in [-0.1, -0.05) is 37.3 Å². The van der Waals surface area contributed by atoms with Gasteiger partial charge in [0.05, 0.1) is 13.7 Å². The maximum Gasteiger partial charge on any atom is 0.325 e. The lowest BCUT2D eigenvalue weighted by molar-refractivity contribution is -0.135. The number of hydrogen-bond donors (Lipinski definition) is 1. The molecular formula is C27H33N3O5. The Morgan fingerprint density at radius 1 is 1.06 bits per heavy atom. The van der Waals surface area contributed by atoms with Crippen molar-refractivity contribution in [3.63, 3.8) is 0 Å². The lowest BCUT2D eigenvalue weighted by Gasteiger charge is -2.40. The molecule has 3 aliphatic rings. The summed E-state index contributed by atoms with van der Waals surface area (Å²) in [4.78, 5) is 30.3. The van der Waals surface area contributed by atoms with Crippen molar-refractivity contribution in [3.05, 3.63) is 54.1 Å². The molecule has 0 bridgehead atoms. The summed E-state index contributed by atoms with van der Waals surface area (Å²) in [7, 11) is 1.69. The first-order chi connectivity index (χ1) is 17.0. The lowest BCUT2D eigenvalue weighted by atomic mass is 9.75. The van der Waals surface area contributed by atoms with Gasteiger partial charge in [-0.05, 0) is 56.5 Å². The number of amides is 3. The largest absolute Gasteiger partial charge is 0.496 e. The minimum Gasteiger partial charge on any atom is -0.496 e. The van der Waals surface area contributed by atoms with Crippen LogP contribution >= 0.6 is 0 Å². The number of hydrogen-bond acceptors (Lipinski definition) is 6. The molecule has 0 saturated carbocycles. The van der Waals surface area contributed by atoms with E-state index in [9.17, 15) is 9.59 Å². The van der Waals surface area contributed by atoms with Gasteiger partial charge in [-0.15, -0.1) is 0 Å². The Kier molecular flexibility index (Phi) is 6.56. The van der Waals surface area contributed by atoms with Gasteiger partial charge in [0.15, 0.2) is 17.6 Å². The number of urea groups is 1. The van der Waals surface area contributed by atoms with Crippen LogP contribution in [0.1, 0.15) is 31.7 Å². The van der Waals surface area contributed by atoms with Gasteiger partial charge < -0.3 is 19.5 Å². The number of benzene rings is 2. The van der Waals surface area contributed by atoms with E-state index in [1.807, 2.05) is 49.4 Å². The number of carbonyl (C=O) groups excluding carboxylic acids is 2. The molecule has 5 rings (SSSR count). The Labute approximate surface area is 206 Å². The molecule has 1 N–H and O–H groups in total. The fourth-order valence-electron chi connectivity index (χ4n) is 5.63. The van der Waals surface area contributed by atoms with Crippen molar-refractivity contribution < 1.29 is 23.8 Å². The van der Waals surface area contributed by atoms with Crippen LogP contribution in [0.4, 0.5) is 4.79 Å². The SMILES string of the molecule is CC[C@@]1(C2CCN(Cc3ccccc3OC)CC2)NC(=O)N(C[C@@H]2COc3ccccc3O2)C1=O. The third kappa shape index (κ3) is 4.43. The van der Waals surface area contributed by atoms with E-state index >= 15 is 0 Å². The summed E-state index contributed by atoms with van der Waals surface area (Å²) in [6.45, 7) is 5.00. The first-order valence-corrected chi connectivity index (χ1v) is 12.4. The molecule has 2 aromatic rings. The van der Waals surface area contributed by atoms with Crippen molar-refractivity contribution in [3.8, 4) is 17.2 Å². The van der Waals surface area contributed by atoms with Gasteiger partial charge in [-0.3, -0.25) is 14.6 Å². The molecule has 2 atom stereocenters. The van der Waals surface area contributed by atoms with E-state index < -0.39 is 11.6 Å². The second kappa shape index (κ2) is 9.77. The highest BCUT2D eigenvalue weighted by Gasteiger charge is 2.55. The minimum atomic E-state index is -0.860. The second-order valence-corrected chi connectivity index (χ2v) is 9.53. The summed E-state index contributed by atoms with van der Waals surface area (Å²) in [6.07, 6.45) is 1.87. The van der Waals surface area contributed by atoms with Crippen molar-refractivity contribution in [2.45, 2.75) is 44.4 Å². The zero-order valence-corrected chi connectivity index (χ0v) is 20.4. The molecule has 0 spiro atoms. The molecule has 2 saturated heterocycles. The Morgan fingerprint density at radius 3 is 2.51 bits per heavy atom. The van der Waals surface area contributed by atoms with Gasteiger partial charge in [-0.25, -0.2) is 4.79 Å². The molecule has 3 aliphatic heterocycles. The van der Waals surface area contributed by atoms with Crippen molar-refractivity contribution >= 4 is 11.9 Å². The highest BCUT2D eigenvalue weighted by Crippen LogP contribution is 2.37. The number of nitrogens with one attached hydrogen (secondary N) is 1. The van der Waals surface area contributed by atoms with Crippen molar-refractivity contribution in [2.75, 3.05) is 33.4 Å². The maximum atomic E-state index is 13.7. The van der Waals surface area contributed by atoms with Crippen LogP contribution in [0.2, 0.25) is 0 Å². The van der Waals surface area contributed by atoms with Crippen molar-refractivity contribution in [2.24, 2.45) is 5.92 Å². The molecule has 0 aliphatic carbocycles. The number of nitrogens with zero attached hydrogens (tertiary/aromatic N) is 2. The van der Waals surface area contributed by atoms with Crippen LogP contribution in [0.15, 0.2) is 48.5 Å². The average molecular weight is 480 g/mol. The molecule has 0 aromatic heterocycles. The molecule has 0 radical (unpaired) electrons. The Balaban J connectivity index is 1.23. The molecule has 3 amide bonds. The zero-order valence-electron chi connectivity index (χ0n) is 20.4. The van der Waals surface area contributed by atoms with Crippen molar-refractivity contribution in [1.82, 2.24) is 15.1 Å². The molecule has 35 heavy (non-hydrogen) atoms. The van der Waals surface area contributed by atoms with Crippen LogP contribution < -0.4 is 19.5 Å². The van der Waals surface area contributed by atoms with Crippen LogP contribution in [0.25, 0.3) is 0 Å². The number of carbonyl (C=O) groups is 2. The van der Waals surface area contributed by atoms with Crippen LogP contribution in [-0.2, 0) is 11.3 Å². The van der Waals surface area contributed by atoms with E-state index in [1.54, 1.807) is 7.11 Å². The predicted octanol–water partition coefficient (Wildman–Crippen LogP) is 3.45. The van der Waals surface area contributed by atoms with E-state index in [0.717, 1.165) is 43.8 Å². The zero-order chi connectivity index (χ0) is 24.4.